The van der Waals surface area contributed by atoms with Gasteiger partial charge in [-0.1, -0.05) is 11.6 Å². The van der Waals surface area contributed by atoms with Crippen LogP contribution in [-0.2, 0) is 0 Å². The number of halogens is 2. The molecule has 0 aliphatic rings. The van der Waals surface area contributed by atoms with E-state index in [0.717, 1.165) is 10.2 Å². The number of rotatable bonds is 1. The highest BCUT2D eigenvalue weighted by molar-refractivity contribution is 7.16. The van der Waals surface area contributed by atoms with Gasteiger partial charge in [0.25, 0.3) is 0 Å². The Kier molecular flexibility index (Phi) is 2.65. The maximum absolute atomic E-state index is 13.4. The largest absolute Gasteiger partial charge is 0.383 e. The van der Waals surface area contributed by atoms with Crippen LogP contribution < -0.4 is 5.73 Å². The zero-order valence-electron chi connectivity index (χ0n) is 9.02. The van der Waals surface area contributed by atoms with E-state index in [4.69, 9.17) is 17.3 Å². The van der Waals surface area contributed by atoms with Crippen molar-refractivity contribution in [2.45, 2.75) is 0 Å². The highest BCUT2D eigenvalue weighted by Gasteiger charge is 2.10. The monoisotopic (exact) mass is 279 g/mol. The quantitative estimate of drug-likeness (QED) is 0.738. The molecule has 6 heteroatoms. The first-order valence-electron chi connectivity index (χ1n) is 5.11. The Bertz CT molecular complexity index is 741. The van der Waals surface area contributed by atoms with Crippen molar-refractivity contribution in [3.63, 3.8) is 0 Å². The third kappa shape index (κ3) is 1.81. The fourth-order valence-corrected chi connectivity index (χ4v) is 2.53. The molecule has 0 amide bonds. The van der Waals surface area contributed by atoms with E-state index in [0.29, 0.717) is 17.2 Å². The Hall–Kier alpha value is -1.72. The molecule has 0 radical (unpaired) electrons. The number of nitrogens with zero attached hydrogens (tertiary/aromatic N) is 2. The third-order valence-corrected chi connectivity index (χ3v) is 3.65. The number of anilines is 1. The minimum Gasteiger partial charge on any atom is -0.383 e. The summed E-state index contributed by atoms with van der Waals surface area (Å²) >= 11 is 7.11. The van der Waals surface area contributed by atoms with Crippen LogP contribution in [0.2, 0.25) is 5.02 Å². The van der Waals surface area contributed by atoms with Crippen molar-refractivity contribution in [2.75, 3.05) is 5.73 Å². The molecule has 0 atom stereocenters. The van der Waals surface area contributed by atoms with Crippen LogP contribution in [0.25, 0.3) is 21.6 Å². The van der Waals surface area contributed by atoms with Crippen LogP contribution in [0.15, 0.2) is 29.6 Å². The molecule has 2 aromatic heterocycles. The van der Waals surface area contributed by atoms with Crippen molar-refractivity contribution in [1.82, 2.24) is 9.97 Å². The minimum absolute atomic E-state index is 0.0731. The molecule has 1 aromatic carbocycles. The van der Waals surface area contributed by atoms with E-state index in [9.17, 15) is 4.39 Å². The molecule has 0 fully saturated rings. The van der Waals surface area contributed by atoms with Gasteiger partial charge in [0.2, 0.25) is 0 Å². The lowest BCUT2D eigenvalue weighted by molar-refractivity contribution is 0.628. The van der Waals surface area contributed by atoms with Gasteiger partial charge in [0.15, 0.2) is 5.82 Å². The van der Waals surface area contributed by atoms with Crippen molar-refractivity contribution in [1.29, 1.82) is 0 Å². The van der Waals surface area contributed by atoms with Crippen LogP contribution in [0.4, 0.5) is 10.2 Å². The molecule has 2 heterocycles. The van der Waals surface area contributed by atoms with Crippen molar-refractivity contribution >= 4 is 39.0 Å². The van der Waals surface area contributed by atoms with Crippen LogP contribution in [0.3, 0.4) is 0 Å². The van der Waals surface area contributed by atoms with Gasteiger partial charge in [-0.25, -0.2) is 14.4 Å². The fourth-order valence-electron chi connectivity index (χ4n) is 1.64. The average Bonchev–Trinajstić information content (AvgIpc) is 2.81. The van der Waals surface area contributed by atoms with E-state index >= 15 is 0 Å². The summed E-state index contributed by atoms with van der Waals surface area (Å²) in [6, 6.07) is 6.31. The summed E-state index contributed by atoms with van der Waals surface area (Å²) in [4.78, 5) is 9.32. The standard InChI is InChI=1S/C12H7ClFN3S/c13-8-2-1-6(5-9(8)14)11-16-10(15)7-3-4-18-12(7)17-11/h1-5H,(H2,15,16,17). The second kappa shape index (κ2) is 4.19. The topological polar surface area (TPSA) is 51.8 Å². The van der Waals surface area contributed by atoms with E-state index in [1.807, 2.05) is 11.4 Å². The highest BCUT2D eigenvalue weighted by atomic mass is 35.5. The van der Waals surface area contributed by atoms with Gasteiger partial charge in [0.05, 0.1) is 10.4 Å². The van der Waals surface area contributed by atoms with Crippen LogP contribution in [0.1, 0.15) is 0 Å². The molecule has 90 valence electrons. The number of hydrogen-bond donors (Lipinski definition) is 1. The first kappa shape index (κ1) is 11.4. The summed E-state index contributed by atoms with van der Waals surface area (Å²) in [6.45, 7) is 0. The van der Waals surface area contributed by atoms with E-state index in [1.54, 1.807) is 6.07 Å². The molecule has 3 rings (SSSR count). The van der Waals surface area contributed by atoms with E-state index in [-0.39, 0.29) is 5.02 Å². The smallest absolute Gasteiger partial charge is 0.163 e. The van der Waals surface area contributed by atoms with Crippen LogP contribution in [0, 0.1) is 5.82 Å². The Morgan fingerprint density at radius 2 is 2.06 bits per heavy atom. The van der Waals surface area contributed by atoms with Crippen LogP contribution in [-0.4, -0.2) is 9.97 Å². The average molecular weight is 280 g/mol. The Labute approximate surface area is 111 Å². The SMILES string of the molecule is Nc1nc(-c2ccc(Cl)c(F)c2)nc2sccc12. The lowest BCUT2D eigenvalue weighted by Crippen LogP contribution is -1.96. The van der Waals surface area contributed by atoms with Crippen molar-refractivity contribution in [3.8, 4) is 11.4 Å². The summed E-state index contributed by atoms with van der Waals surface area (Å²) in [5.41, 5.74) is 6.40. The van der Waals surface area contributed by atoms with Crippen molar-refractivity contribution in [2.24, 2.45) is 0 Å². The number of hydrogen-bond acceptors (Lipinski definition) is 4. The van der Waals surface area contributed by atoms with Gasteiger partial charge in [0, 0.05) is 5.56 Å². The molecule has 0 spiro atoms. The van der Waals surface area contributed by atoms with Crippen molar-refractivity contribution < 1.29 is 4.39 Å². The zero-order valence-corrected chi connectivity index (χ0v) is 10.6. The molecule has 0 saturated heterocycles. The molecular weight excluding hydrogens is 273 g/mol. The minimum atomic E-state index is -0.498. The first-order chi connectivity index (χ1) is 8.65. The number of fused-ring (bicyclic) bond motifs is 1. The summed E-state index contributed by atoms with van der Waals surface area (Å²) in [7, 11) is 0. The third-order valence-electron chi connectivity index (χ3n) is 2.53. The maximum atomic E-state index is 13.4. The number of nitrogens with two attached hydrogens (primary N) is 1. The van der Waals surface area contributed by atoms with Gasteiger partial charge in [-0.2, -0.15) is 0 Å². The molecule has 0 aliphatic heterocycles. The molecule has 3 nitrogen and oxygen atoms in total. The molecule has 2 N–H and O–H groups in total. The van der Waals surface area contributed by atoms with Gasteiger partial charge < -0.3 is 5.73 Å². The van der Waals surface area contributed by atoms with Gasteiger partial charge >= 0.3 is 0 Å². The molecule has 0 unspecified atom stereocenters. The summed E-state index contributed by atoms with van der Waals surface area (Å²) in [6.07, 6.45) is 0. The van der Waals surface area contributed by atoms with Gasteiger partial charge in [-0.15, -0.1) is 11.3 Å². The maximum Gasteiger partial charge on any atom is 0.163 e. The van der Waals surface area contributed by atoms with Gasteiger partial charge in [-0.05, 0) is 29.6 Å². The van der Waals surface area contributed by atoms with Gasteiger partial charge in [0.1, 0.15) is 16.5 Å². The Balaban J connectivity index is 2.21. The number of aromatic nitrogens is 2. The lowest BCUT2D eigenvalue weighted by atomic mass is 10.2. The molecule has 0 aliphatic carbocycles. The van der Waals surface area contributed by atoms with Crippen molar-refractivity contribution in [3.05, 3.63) is 40.5 Å². The summed E-state index contributed by atoms with van der Waals surface area (Å²) < 4.78 is 13.4. The van der Waals surface area contributed by atoms with E-state index in [1.165, 1.54) is 23.5 Å². The predicted molar refractivity (Wildman–Crippen MR) is 72.2 cm³/mol. The number of nitrogen functional groups attached to an aromatic ring is 1. The molecule has 3 aromatic rings. The molecular formula is C12H7ClFN3S. The Morgan fingerprint density at radius 1 is 1.22 bits per heavy atom. The summed E-state index contributed by atoms with van der Waals surface area (Å²) in [5, 5.41) is 2.78. The predicted octanol–water partition coefficient (Wildman–Crippen LogP) is 3.73. The Morgan fingerprint density at radius 3 is 2.83 bits per heavy atom. The zero-order chi connectivity index (χ0) is 12.7. The van der Waals surface area contributed by atoms with Crippen LogP contribution >= 0.6 is 22.9 Å². The number of thiophene rings is 1. The van der Waals surface area contributed by atoms with Gasteiger partial charge in [-0.3, -0.25) is 0 Å². The second-order valence-corrected chi connectivity index (χ2v) is 5.00. The molecule has 0 bridgehead atoms. The molecule has 0 saturated carbocycles. The fraction of sp³-hybridized carbons (Fsp3) is 0. The van der Waals surface area contributed by atoms with E-state index in [2.05, 4.69) is 9.97 Å². The lowest BCUT2D eigenvalue weighted by Gasteiger charge is -2.03. The normalized spacial score (nSPS) is 11.0. The second-order valence-electron chi connectivity index (χ2n) is 3.70. The number of benzene rings is 1. The highest BCUT2D eigenvalue weighted by Crippen LogP contribution is 2.28. The molecule has 18 heavy (non-hydrogen) atoms. The summed E-state index contributed by atoms with van der Waals surface area (Å²) in [5.74, 6) is 0.298. The van der Waals surface area contributed by atoms with E-state index < -0.39 is 5.82 Å². The first-order valence-corrected chi connectivity index (χ1v) is 6.37. The van der Waals surface area contributed by atoms with Crippen LogP contribution in [0.5, 0.6) is 0 Å².